The number of hydrogen-bond acceptors (Lipinski definition) is 4. The van der Waals surface area contributed by atoms with Crippen LogP contribution >= 0.6 is 11.3 Å². The molecule has 0 saturated heterocycles. The van der Waals surface area contributed by atoms with Crippen LogP contribution in [0, 0.1) is 6.92 Å². The minimum atomic E-state index is -0.932. The molecule has 1 aromatic heterocycles. The van der Waals surface area contributed by atoms with Crippen molar-refractivity contribution in [2.45, 2.75) is 13.5 Å². The van der Waals surface area contributed by atoms with E-state index < -0.39 is 5.97 Å². The van der Waals surface area contributed by atoms with E-state index in [9.17, 15) is 9.90 Å². The van der Waals surface area contributed by atoms with Crippen LogP contribution in [0.15, 0.2) is 60.7 Å². The Labute approximate surface area is 138 Å². The predicted octanol–water partition coefficient (Wildman–Crippen LogP) is 4.49. The van der Waals surface area contributed by atoms with Crippen LogP contribution in [0.2, 0.25) is 0 Å². The van der Waals surface area contributed by atoms with Crippen LogP contribution in [0.5, 0.6) is 0 Å². The molecule has 0 saturated carbocycles. The van der Waals surface area contributed by atoms with E-state index in [2.05, 4.69) is 17.1 Å². The molecular formula is C18H16N2O2S. The zero-order chi connectivity index (χ0) is 16.2. The smallest absolute Gasteiger partial charge is 0.347 e. The van der Waals surface area contributed by atoms with Crippen molar-refractivity contribution >= 4 is 28.1 Å². The van der Waals surface area contributed by atoms with Gasteiger partial charge >= 0.3 is 5.97 Å². The van der Waals surface area contributed by atoms with E-state index in [-0.39, 0.29) is 4.88 Å². The minimum Gasteiger partial charge on any atom is -0.477 e. The van der Waals surface area contributed by atoms with Gasteiger partial charge in [-0.2, -0.15) is 0 Å². The van der Waals surface area contributed by atoms with Gasteiger partial charge in [-0.05, 0) is 24.6 Å². The van der Waals surface area contributed by atoms with Crippen LogP contribution in [0.4, 0.5) is 10.8 Å². The maximum absolute atomic E-state index is 11.3. The zero-order valence-electron chi connectivity index (χ0n) is 12.6. The predicted molar refractivity (Wildman–Crippen MR) is 92.5 cm³/mol. The average Bonchev–Trinajstić information content (AvgIpc) is 2.96. The molecule has 5 heteroatoms. The van der Waals surface area contributed by atoms with Gasteiger partial charge in [0.2, 0.25) is 0 Å². The minimum absolute atomic E-state index is 0.286. The summed E-state index contributed by atoms with van der Waals surface area (Å²) in [4.78, 5) is 18.1. The molecule has 3 rings (SSSR count). The van der Waals surface area contributed by atoms with Gasteiger partial charge < -0.3 is 10.0 Å². The fourth-order valence-electron chi connectivity index (χ4n) is 2.34. The molecule has 1 N–H and O–H groups in total. The highest BCUT2D eigenvalue weighted by Gasteiger charge is 2.19. The van der Waals surface area contributed by atoms with Crippen LogP contribution in [0.1, 0.15) is 20.9 Å². The summed E-state index contributed by atoms with van der Waals surface area (Å²) >= 11 is 1.21. The first-order valence-electron chi connectivity index (χ1n) is 7.22. The summed E-state index contributed by atoms with van der Waals surface area (Å²) in [6, 6.07) is 20.0. The Bertz CT molecular complexity index is 800. The summed E-state index contributed by atoms with van der Waals surface area (Å²) in [6.45, 7) is 2.37. The Morgan fingerprint density at radius 2 is 1.70 bits per heavy atom. The number of thiazole rings is 1. The monoisotopic (exact) mass is 324 g/mol. The quantitative estimate of drug-likeness (QED) is 0.751. The van der Waals surface area contributed by atoms with E-state index in [1.165, 1.54) is 11.3 Å². The van der Waals surface area contributed by atoms with Gasteiger partial charge in [-0.1, -0.05) is 59.9 Å². The van der Waals surface area contributed by atoms with Crippen molar-refractivity contribution < 1.29 is 9.90 Å². The molecule has 1 heterocycles. The number of carboxylic acid groups (broad SMARTS) is 1. The number of nitrogens with zero attached hydrogens (tertiary/aromatic N) is 2. The summed E-state index contributed by atoms with van der Waals surface area (Å²) in [7, 11) is 0. The molecule has 0 fully saturated rings. The zero-order valence-corrected chi connectivity index (χ0v) is 13.5. The van der Waals surface area contributed by atoms with E-state index in [0.717, 1.165) is 11.3 Å². The molecule has 4 nitrogen and oxygen atoms in total. The van der Waals surface area contributed by atoms with Gasteiger partial charge in [-0.25, -0.2) is 9.78 Å². The molecule has 0 bridgehead atoms. The molecule has 116 valence electrons. The third-order valence-electron chi connectivity index (χ3n) is 3.46. The second-order valence-corrected chi connectivity index (χ2v) is 6.10. The van der Waals surface area contributed by atoms with Gasteiger partial charge in [0, 0.05) is 5.69 Å². The number of aryl methyl sites for hydroxylation is 1. The second kappa shape index (κ2) is 6.62. The van der Waals surface area contributed by atoms with Crippen molar-refractivity contribution in [3.05, 3.63) is 76.8 Å². The van der Waals surface area contributed by atoms with Crippen LogP contribution in [-0.4, -0.2) is 16.1 Å². The number of hydrogen-bond donors (Lipinski definition) is 1. The largest absolute Gasteiger partial charge is 0.477 e. The summed E-state index contributed by atoms with van der Waals surface area (Å²) in [6.07, 6.45) is 0. The molecule has 0 spiro atoms. The van der Waals surface area contributed by atoms with Gasteiger partial charge in [0.15, 0.2) is 5.13 Å². The maximum atomic E-state index is 11.3. The average molecular weight is 324 g/mol. The van der Waals surface area contributed by atoms with Crippen LogP contribution in [0.25, 0.3) is 0 Å². The number of aromatic carboxylic acids is 1. The van der Waals surface area contributed by atoms with Crippen molar-refractivity contribution in [2.75, 3.05) is 4.90 Å². The second-order valence-electron chi connectivity index (χ2n) is 5.12. The molecule has 0 aliphatic heterocycles. The SMILES string of the molecule is Cc1nc(N(Cc2ccccc2)c2ccccc2)sc1C(=O)O. The molecule has 0 aliphatic carbocycles. The van der Waals surface area contributed by atoms with Gasteiger partial charge in [0.05, 0.1) is 12.2 Å². The number of carbonyl (C=O) groups is 1. The topological polar surface area (TPSA) is 53.4 Å². The van der Waals surface area contributed by atoms with Crippen molar-refractivity contribution in [3.8, 4) is 0 Å². The first-order valence-corrected chi connectivity index (χ1v) is 8.04. The molecule has 0 amide bonds. The van der Waals surface area contributed by atoms with E-state index in [0.29, 0.717) is 17.4 Å². The lowest BCUT2D eigenvalue weighted by Gasteiger charge is -2.22. The van der Waals surface area contributed by atoms with Crippen LogP contribution in [0.3, 0.4) is 0 Å². The molecule has 23 heavy (non-hydrogen) atoms. The molecule has 0 atom stereocenters. The number of rotatable bonds is 5. The highest BCUT2D eigenvalue weighted by molar-refractivity contribution is 7.17. The third kappa shape index (κ3) is 3.40. The Morgan fingerprint density at radius 3 is 2.26 bits per heavy atom. The molecule has 0 unspecified atom stereocenters. The number of aromatic nitrogens is 1. The van der Waals surface area contributed by atoms with E-state index >= 15 is 0 Å². The molecular weight excluding hydrogens is 308 g/mol. The van der Waals surface area contributed by atoms with Gasteiger partial charge in [0.25, 0.3) is 0 Å². The lowest BCUT2D eigenvalue weighted by atomic mass is 10.2. The van der Waals surface area contributed by atoms with Crippen LogP contribution < -0.4 is 4.90 Å². The molecule has 0 radical (unpaired) electrons. The van der Waals surface area contributed by atoms with Crippen LogP contribution in [-0.2, 0) is 6.54 Å². The van der Waals surface area contributed by atoms with Crippen molar-refractivity contribution in [1.82, 2.24) is 4.98 Å². The normalized spacial score (nSPS) is 10.5. The fraction of sp³-hybridized carbons (Fsp3) is 0.111. The van der Waals surface area contributed by atoms with E-state index in [4.69, 9.17) is 0 Å². The maximum Gasteiger partial charge on any atom is 0.347 e. The van der Waals surface area contributed by atoms with Crippen molar-refractivity contribution in [2.24, 2.45) is 0 Å². The number of para-hydroxylation sites is 1. The Morgan fingerprint density at radius 1 is 1.09 bits per heavy atom. The Balaban J connectivity index is 2.02. The molecule has 0 aliphatic rings. The van der Waals surface area contributed by atoms with E-state index in [1.807, 2.05) is 53.4 Å². The Hall–Kier alpha value is -2.66. The summed E-state index contributed by atoms with van der Waals surface area (Å²) in [5.74, 6) is -0.932. The van der Waals surface area contributed by atoms with Gasteiger partial charge in [0.1, 0.15) is 4.88 Å². The highest BCUT2D eigenvalue weighted by atomic mass is 32.1. The fourth-order valence-corrected chi connectivity index (χ4v) is 3.27. The van der Waals surface area contributed by atoms with Gasteiger partial charge in [-0.3, -0.25) is 0 Å². The van der Waals surface area contributed by atoms with Crippen molar-refractivity contribution in [3.63, 3.8) is 0 Å². The summed E-state index contributed by atoms with van der Waals surface area (Å²) < 4.78 is 0. The van der Waals surface area contributed by atoms with E-state index in [1.54, 1.807) is 6.92 Å². The van der Waals surface area contributed by atoms with Crippen molar-refractivity contribution in [1.29, 1.82) is 0 Å². The molecule has 3 aromatic rings. The number of carboxylic acids is 1. The van der Waals surface area contributed by atoms with Gasteiger partial charge in [-0.15, -0.1) is 0 Å². The standard InChI is InChI=1S/C18H16N2O2S/c1-13-16(17(21)22)23-18(19-13)20(15-10-6-3-7-11-15)12-14-8-4-2-5-9-14/h2-11H,12H2,1H3,(H,21,22). The molecule has 2 aromatic carbocycles. The Kier molecular flexibility index (Phi) is 4.39. The first kappa shape index (κ1) is 15.2. The number of benzene rings is 2. The summed E-state index contributed by atoms with van der Waals surface area (Å²) in [5.41, 5.74) is 2.68. The lowest BCUT2D eigenvalue weighted by Crippen LogP contribution is -2.16. The summed E-state index contributed by atoms with van der Waals surface area (Å²) in [5, 5.41) is 9.96. The lowest BCUT2D eigenvalue weighted by molar-refractivity contribution is 0.0701. The highest BCUT2D eigenvalue weighted by Crippen LogP contribution is 2.33. The number of anilines is 2. The first-order chi connectivity index (χ1) is 11.1. The third-order valence-corrected chi connectivity index (χ3v) is 4.63.